The quantitative estimate of drug-likeness (QED) is 0.0479. The fraction of sp³-hybridized carbons (Fsp3) is 0.395. The molecular formula is C38H41N7O15S2. The molecule has 1 aromatic heterocycles. The second kappa shape index (κ2) is 16.5. The first-order valence-electron chi connectivity index (χ1n) is 18.4. The largest absolute Gasteiger partial charge is 0.508 e. The van der Waals surface area contributed by atoms with E-state index < -0.39 is 110 Å². The molecule has 2 aliphatic heterocycles. The predicted octanol–water partition coefficient (Wildman–Crippen LogP) is -0.993. The number of ketones is 2. The molecule has 7 atom stereocenters. The number of thioether (sulfide) groups is 1. The van der Waals surface area contributed by atoms with Gasteiger partial charge in [0.25, 0.3) is 17.7 Å². The van der Waals surface area contributed by atoms with Crippen LogP contribution in [-0.2, 0) is 48.7 Å². The number of oxime groups is 1. The normalized spacial score (nSPS) is 27.9. The maximum atomic E-state index is 13.7. The van der Waals surface area contributed by atoms with Gasteiger partial charge < -0.3 is 57.0 Å². The number of β-lactam (4-membered cyclic amide) rings is 1. The van der Waals surface area contributed by atoms with Gasteiger partial charge in [0, 0.05) is 41.0 Å². The lowest BCUT2D eigenvalue weighted by Crippen LogP contribution is -2.71. The zero-order valence-electron chi connectivity index (χ0n) is 33.4. The number of aromatic hydroxyl groups is 1. The van der Waals surface area contributed by atoms with Crippen molar-refractivity contribution in [2.45, 2.75) is 48.9 Å². The van der Waals surface area contributed by atoms with Gasteiger partial charge in [-0.2, -0.15) is 0 Å². The van der Waals surface area contributed by atoms with E-state index in [0.29, 0.717) is 5.57 Å². The number of carbonyl (C=O) groups excluding carboxylic acids is 6. The maximum Gasteiger partial charge on any atom is 0.352 e. The number of hydrogen-bond acceptors (Lipinski definition) is 20. The number of nitrogens with one attached hydrogen (secondary N) is 1. The van der Waals surface area contributed by atoms with Gasteiger partial charge in [-0.15, -0.1) is 23.1 Å². The number of carboxylic acid groups (broad SMARTS) is 1. The van der Waals surface area contributed by atoms with Crippen LogP contribution in [0.4, 0.5) is 5.13 Å². The van der Waals surface area contributed by atoms with Gasteiger partial charge in [-0.25, -0.2) is 9.78 Å². The Labute approximate surface area is 359 Å². The molecule has 0 spiro atoms. The van der Waals surface area contributed by atoms with Gasteiger partial charge in [0.2, 0.25) is 5.78 Å². The van der Waals surface area contributed by atoms with Crippen LogP contribution >= 0.6 is 23.1 Å². The lowest BCUT2D eigenvalue weighted by atomic mass is 9.54. The van der Waals surface area contributed by atoms with Crippen molar-refractivity contribution in [1.29, 1.82) is 0 Å². The zero-order chi connectivity index (χ0) is 45.9. The number of thiazole rings is 1. The van der Waals surface area contributed by atoms with Crippen LogP contribution in [0.1, 0.15) is 37.1 Å². The first-order valence-corrected chi connectivity index (χ1v) is 20.3. The number of amides is 3. The number of carboxylic acids is 1. The molecular weight excluding hydrogens is 859 g/mol. The summed E-state index contributed by atoms with van der Waals surface area (Å²) >= 11 is 2.35. The Morgan fingerprint density at radius 1 is 1.13 bits per heavy atom. The Morgan fingerprint density at radius 2 is 1.81 bits per heavy atom. The summed E-state index contributed by atoms with van der Waals surface area (Å²) in [5.41, 5.74) is 5.12. The van der Waals surface area contributed by atoms with E-state index >= 15 is 0 Å². The van der Waals surface area contributed by atoms with Crippen LogP contribution in [0.2, 0.25) is 0 Å². The number of benzene rings is 1. The molecule has 22 nitrogen and oxygen atoms in total. The highest BCUT2D eigenvalue weighted by Crippen LogP contribution is 2.57. The molecule has 24 heteroatoms. The first-order chi connectivity index (χ1) is 29.0. The molecule has 0 radical (unpaired) electrons. The molecule has 1 saturated heterocycles. The smallest absolute Gasteiger partial charge is 0.352 e. The molecule has 1 aromatic carbocycles. The number of aliphatic hydroxyl groups excluding tert-OH is 2. The van der Waals surface area contributed by atoms with Crippen LogP contribution in [-0.4, -0.2) is 149 Å². The number of rotatable bonds is 9. The minimum atomic E-state index is -2.75. The Hall–Kier alpha value is -6.34. The topological polar surface area (TPSA) is 355 Å². The lowest BCUT2D eigenvalue weighted by molar-refractivity contribution is -0.159. The van der Waals surface area contributed by atoms with Gasteiger partial charge in [-0.3, -0.25) is 38.6 Å². The number of nitrogens with zero attached hydrogens (tertiary/aromatic N) is 4. The van der Waals surface area contributed by atoms with Crippen molar-refractivity contribution in [1.82, 2.24) is 20.1 Å². The molecule has 11 N–H and O–H groups in total. The number of aliphatic hydroxyl groups is 4. The Morgan fingerprint density at radius 3 is 2.37 bits per heavy atom. The molecule has 3 aliphatic carbocycles. The number of primary amides is 1. The maximum absolute atomic E-state index is 13.7. The number of nitrogens with two attached hydrogens (primary N) is 2. The summed E-state index contributed by atoms with van der Waals surface area (Å²) in [5.74, 6) is -10.9. The molecule has 2 aromatic rings. The third kappa shape index (κ3) is 7.21. The van der Waals surface area contributed by atoms with E-state index in [1.807, 2.05) is 0 Å². The summed E-state index contributed by atoms with van der Waals surface area (Å²) in [6.07, 6.45) is -0.200. The number of hydrogen-bond donors (Lipinski definition) is 9. The highest BCUT2D eigenvalue weighted by atomic mass is 32.2. The molecule has 1 saturated carbocycles. The van der Waals surface area contributed by atoms with Crippen molar-refractivity contribution in [3.05, 3.63) is 68.6 Å². The zero-order valence-corrected chi connectivity index (χ0v) is 35.1. The highest BCUT2D eigenvalue weighted by molar-refractivity contribution is 8.00. The summed E-state index contributed by atoms with van der Waals surface area (Å²) in [7, 11) is 4.26. The van der Waals surface area contributed by atoms with Crippen molar-refractivity contribution in [3.8, 4) is 5.75 Å². The van der Waals surface area contributed by atoms with Gasteiger partial charge in [0.1, 0.15) is 59.4 Å². The number of carbonyl (C=O) groups is 7. The number of ether oxygens (including phenoxy) is 1. The predicted molar refractivity (Wildman–Crippen MR) is 217 cm³/mol. The SMILES string of the molecule is CN(C)[C@@H]1C(=O)C(C(N)=O)=C(O)[C@@]2(O)C(=O)C3=C(O)c4c(O)cccc4[C@@](C)(O)[C@H]3C[C@@H]12.CO/N=C(/C(=O)N[C@@H]1C(=O)N2C(C(=O)O)=C(COC(C)=O)CS[C@H]12)c1csc(N)n1. The van der Waals surface area contributed by atoms with E-state index in [4.69, 9.17) is 16.2 Å². The van der Waals surface area contributed by atoms with Crippen LogP contribution < -0.4 is 16.8 Å². The van der Waals surface area contributed by atoms with E-state index in [9.17, 15) is 64.2 Å². The second-order valence-corrected chi connectivity index (χ2v) is 17.0. The summed E-state index contributed by atoms with van der Waals surface area (Å²) < 4.78 is 4.88. The van der Waals surface area contributed by atoms with Gasteiger partial charge in [0.15, 0.2) is 22.2 Å². The fourth-order valence-electron chi connectivity index (χ4n) is 8.39. The Balaban J connectivity index is 0.000000207. The number of esters is 1. The van der Waals surface area contributed by atoms with E-state index in [0.717, 1.165) is 16.2 Å². The number of likely N-dealkylation sites (N-methyl/N-ethyl adjacent to an activating group) is 1. The lowest BCUT2D eigenvalue weighted by Gasteiger charge is -2.53. The van der Waals surface area contributed by atoms with Crippen molar-refractivity contribution in [2.75, 3.05) is 39.3 Å². The monoisotopic (exact) mass is 899 g/mol. The van der Waals surface area contributed by atoms with Crippen molar-refractivity contribution >= 4 is 80.9 Å². The average molecular weight is 900 g/mol. The van der Waals surface area contributed by atoms with Gasteiger partial charge in [-0.1, -0.05) is 17.3 Å². The number of aliphatic carboxylic acids is 1. The second-order valence-electron chi connectivity index (χ2n) is 15.1. The van der Waals surface area contributed by atoms with Crippen LogP contribution in [0.25, 0.3) is 5.76 Å². The number of phenols is 1. The number of fused-ring (bicyclic) bond motifs is 4. The van der Waals surface area contributed by atoms with E-state index in [1.165, 1.54) is 75.3 Å². The highest BCUT2D eigenvalue weighted by Gasteiger charge is 2.66. The van der Waals surface area contributed by atoms with Crippen molar-refractivity contribution < 1.29 is 73.8 Å². The molecule has 3 heterocycles. The fourth-order valence-corrected chi connectivity index (χ4v) is 10.3. The molecule has 62 heavy (non-hydrogen) atoms. The summed E-state index contributed by atoms with van der Waals surface area (Å²) in [6, 6.07) is 2.05. The minimum Gasteiger partial charge on any atom is -0.508 e. The van der Waals surface area contributed by atoms with E-state index in [-0.39, 0.29) is 52.1 Å². The van der Waals surface area contributed by atoms with Crippen molar-refractivity contribution in [2.24, 2.45) is 22.7 Å². The van der Waals surface area contributed by atoms with Gasteiger partial charge in [0.05, 0.1) is 17.2 Å². The van der Waals surface area contributed by atoms with Crippen LogP contribution in [0.15, 0.2) is 56.9 Å². The third-order valence-corrected chi connectivity index (χ3v) is 13.2. The molecule has 3 amide bonds. The van der Waals surface area contributed by atoms with Crippen LogP contribution in [0, 0.1) is 11.8 Å². The van der Waals surface area contributed by atoms with E-state index in [2.05, 4.69) is 20.3 Å². The Bertz CT molecular complexity index is 2460. The molecule has 2 fully saturated rings. The van der Waals surface area contributed by atoms with E-state index in [1.54, 1.807) is 0 Å². The molecule has 330 valence electrons. The number of anilines is 1. The minimum absolute atomic E-state index is 0.165. The Kier molecular flexibility index (Phi) is 12.0. The number of nitrogen functional groups attached to an aromatic ring is 1. The summed E-state index contributed by atoms with van der Waals surface area (Å²) in [6.45, 7) is 2.38. The number of Topliss-reactive ketones (excluding diaryl/α,β-unsaturated/α-hetero) is 2. The molecule has 5 aliphatic rings. The van der Waals surface area contributed by atoms with Crippen molar-refractivity contribution in [3.63, 3.8) is 0 Å². The number of phenolic OH excluding ortho intramolecular Hbond substituents is 1. The first kappa shape index (κ1) is 45.2. The molecule has 7 rings (SSSR count). The molecule has 0 unspecified atom stereocenters. The average Bonchev–Trinajstić information content (AvgIpc) is 3.63. The van der Waals surface area contributed by atoms with Gasteiger partial charge in [-0.05, 0) is 39.1 Å². The standard InChI is InChI=1S/C22H24N2O8.C16H17N5O7S2/c1-21(31)8-5-4-6-11(25)12(8)16(26)13-9(21)7-10-15(24(2)3)17(27)14(20(23)30)19(29)22(10,32)18(13)28;1-6(22)28-3-7-4-29-14-10(13(24)21(14)11(7)15(25)26)19-12(23)9(20-27-2)8-5-30-16(17)18-8/h4-6,9-10,15,25-26,29,31-32H,7H2,1-3H3,(H2,23,30);5,10,14H,3-4H2,1-2H3,(H2,17,18)(H,19,23)(H,25,26)/b;20-9+/t9-,10-,15-,21+,22-;10-,14-/m01/s1. The number of aromatic nitrogens is 1. The molecule has 0 bridgehead atoms. The van der Waals surface area contributed by atoms with Crippen LogP contribution in [0.3, 0.4) is 0 Å². The third-order valence-electron chi connectivity index (χ3n) is 11.2. The van der Waals surface area contributed by atoms with Gasteiger partial charge >= 0.3 is 11.9 Å². The summed E-state index contributed by atoms with van der Waals surface area (Å²) in [5, 5.41) is 71.8. The summed E-state index contributed by atoms with van der Waals surface area (Å²) in [4.78, 5) is 97.8. The van der Waals surface area contributed by atoms with Crippen LogP contribution in [0.5, 0.6) is 5.75 Å².